The fourth-order valence-electron chi connectivity index (χ4n) is 3.49. The van der Waals surface area contributed by atoms with Crippen LogP contribution in [0.3, 0.4) is 0 Å². The van der Waals surface area contributed by atoms with E-state index < -0.39 is 0 Å². The average molecular weight is 360 g/mol. The van der Waals surface area contributed by atoms with Gasteiger partial charge in [-0.1, -0.05) is 36.4 Å². The number of methoxy groups -OCH3 is 1. The first-order valence-electron chi connectivity index (χ1n) is 9.37. The highest BCUT2D eigenvalue weighted by Crippen LogP contribution is 2.36. The van der Waals surface area contributed by atoms with Gasteiger partial charge in [-0.3, -0.25) is 4.98 Å². The van der Waals surface area contributed by atoms with Gasteiger partial charge in [-0.25, -0.2) is 0 Å². The summed E-state index contributed by atoms with van der Waals surface area (Å²) in [7, 11) is 1.69. The summed E-state index contributed by atoms with van der Waals surface area (Å²) >= 11 is 0. The molecule has 1 atom stereocenters. The molecule has 0 saturated heterocycles. The Morgan fingerprint density at radius 1 is 1.11 bits per heavy atom. The minimum atomic E-state index is 0.160. The average Bonchev–Trinajstić information content (AvgIpc) is 2.74. The largest absolute Gasteiger partial charge is 0.493 e. The SMILES string of the molecule is COc1cccc2c1OC(CNCc1cccc(-c3ccccn3)c1)CC2. The van der Waals surface area contributed by atoms with Crippen molar-refractivity contribution in [3.05, 3.63) is 78.0 Å². The second-order valence-corrected chi connectivity index (χ2v) is 6.77. The molecule has 0 radical (unpaired) electrons. The normalized spacial score (nSPS) is 15.7. The molecule has 1 aliphatic heterocycles. The fraction of sp³-hybridized carbons (Fsp3) is 0.261. The first-order valence-corrected chi connectivity index (χ1v) is 9.37. The van der Waals surface area contributed by atoms with E-state index >= 15 is 0 Å². The molecule has 27 heavy (non-hydrogen) atoms. The lowest BCUT2D eigenvalue weighted by Crippen LogP contribution is -2.34. The lowest BCUT2D eigenvalue weighted by Gasteiger charge is -2.27. The van der Waals surface area contributed by atoms with Crippen LogP contribution in [-0.2, 0) is 13.0 Å². The second-order valence-electron chi connectivity index (χ2n) is 6.77. The number of rotatable bonds is 6. The third-order valence-electron chi connectivity index (χ3n) is 4.89. The Balaban J connectivity index is 1.35. The summed E-state index contributed by atoms with van der Waals surface area (Å²) in [5.74, 6) is 1.72. The molecule has 4 heteroatoms. The van der Waals surface area contributed by atoms with Crippen molar-refractivity contribution in [2.45, 2.75) is 25.5 Å². The van der Waals surface area contributed by atoms with E-state index in [4.69, 9.17) is 9.47 Å². The maximum atomic E-state index is 6.19. The van der Waals surface area contributed by atoms with Gasteiger partial charge in [0.15, 0.2) is 11.5 Å². The van der Waals surface area contributed by atoms with Crippen molar-refractivity contribution in [3.8, 4) is 22.8 Å². The molecule has 1 aromatic heterocycles. The van der Waals surface area contributed by atoms with Crippen LogP contribution in [0.4, 0.5) is 0 Å². The first-order chi connectivity index (χ1) is 13.3. The summed E-state index contributed by atoms with van der Waals surface area (Å²) in [5.41, 5.74) is 4.61. The highest BCUT2D eigenvalue weighted by atomic mass is 16.5. The van der Waals surface area contributed by atoms with Crippen molar-refractivity contribution < 1.29 is 9.47 Å². The molecular formula is C23H24N2O2. The Hall–Kier alpha value is -2.85. The number of aromatic nitrogens is 1. The molecule has 4 nitrogen and oxygen atoms in total. The Bertz CT molecular complexity index is 882. The van der Waals surface area contributed by atoms with Crippen molar-refractivity contribution in [1.29, 1.82) is 0 Å². The molecule has 138 valence electrons. The summed E-state index contributed by atoms with van der Waals surface area (Å²) in [6.07, 6.45) is 4.02. The molecule has 0 aliphatic carbocycles. The number of pyridine rings is 1. The molecule has 0 fully saturated rings. The van der Waals surface area contributed by atoms with Crippen LogP contribution in [0, 0.1) is 0 Å². The standard InChI is InChI=1S/C23H24N2O2/c1-26-22-10-5-7-18-11-12-20(27-23(18)22)16-24-15-17-6-4-8-19(14-17)21-9-2-3-13-25-21/h2-10,13-14,20,24H,11-12,15-16H2,1H3. The molecule has 2 aromatic carbocycles. The van der Waals surface area contributed by atoms with E-state index in [2.05, 4.69) is 40.6 Å². The van der Waals surface area contributed by atoms with Crippen LogP contribution >= 0.6 is 0 Å². The zero-order valence-corrected chi connectivity index (χ0v) is 15.5. The van der Waals surface area contributed by atoms with Crippen molar-refractivity contribution in [2.75, 3.05) is 13.7 Å². The molecule has 0 amide bonds. The number of hydrogen-bond acceptors (Lipinski definition) is 4. The summed E-state index contributed by atoms with van der Waals surface area (Å²) in [6.45, 7) is 1.62. The third kappa shape index (κ3) is 4.12. The molecule has 2 heterocycles. The number of para-hydroxylation sites is 1. The highest BCUT2D eigenvalue weighted by Gasteiger charge is 2.22. The predicted octanol–water partition coefficient (Wildman–Crippen LogP) is 4.24. The van der Waals surface area contributed by atoms with Crippen molar-refractivity contribution in [2.24, 2.45) is 0 Å². The molecule has 1 N–H and O–H groups in total. The molecule has 1 aliphatic rings. The maximum Gasteiger partial charge on any atom is 0.164 e. The van der Waals surface area contributed by atoms with Crippen LogP contribution in [0.2, 0.25) is 0 Å². The van der Waals surface area contributed by atoms with Gasteiger partial charge in [0.2, 0.25) is 0 Å². The second kappa shape index (κ2) is 8.23. The van der Waals surface area contributed by atoms with Crippen LogP contribution in [0.5, 0.6) is 11.5 Å². The maximum absolute atomic E-state index is 6.19. The molecule has 4 rings (SSSR count). The number of hydrogen-bond donors (Lipinski definition) is 1. The van der Waals surface area contributed by atoms with Gasteiger partial charge in [-0.2, -0.15) is 0 Å². The van der Waals surface area contributed by atoms with E-state index in [1.54, 1.807) is 7.11 Å². The summed E-state index contributed by atoms with van der Waals surface area (Å²) in [4.78, 5) is 4.43. The lowest BCUT2D eigenvalue weighted by molar-refractivity contribution is 0.163. The van der Waals surface area contributed by atoms with E-state index in [1.165, 1.54) is 11.1 Å². The van der Waals surface area contributed by atoms with Gasteiger partial charge in [-0.15, -0.1) is 0 Å². The van der Waals surface area contributed by atoms with Crippen LogP contribution in [0.25, 0.3) is 11.3 Å². The quantitative estimate of drug-likeness (QED) is 0.714. The summed E-state index contributed by atoms with van der Waals surface area (Å²) < 4.78 is 11.6. The minimum Gasteiger partial charge on any atom is -0.493 e. The third-order valence-corrected chi connectivity index (χ3v) is 4.89. The molecule has 1 unspecified atom stereocenters. The lowest BCUT2D eigenvalue weighted by atomic mass is 10.0. The Labute approximate surface area is 160 Å². The van der Waals surface area contributed by atoms with Crippen LogP contribution in [0.1, 0.15) is 17.5 Å². The zero-order chi connectivity index (χ0) is 18.5. The first kappa shape index (κ1) is 17.6. The van der Waals surface area contributed by atoms with Gasteiger partial charge in [-0.05, 0) is 48.2 Å². The summed E-state index contributed by atoms with van der Waals surface area (Å²) in [6, 6.07) is 20.6. The van der Waals surface area contributed by atoms with E-state index in [0.29, 0.717) is 0 Å². The molecule has 3 aromatic rings. The van der Waals surface area contributed by atoms with Gasteiger partial charge in [0.05, 0.1) is 12.8 Å². The smallest absolute Gasteiger partial charge is 0.164 e. The van der Waals surface area contributed by atoms with Crippen molar-refractivity contribution in [3.63, 3.8) is 0 Å². The van der Waals surface area contributed by atoms with E-state index in [-0.39, 0.29) is 6.10 Å². The van der Waals surface area contributed by atoms with Crippen LogP contribution in [-0.4, -0.2) is 24.7 Å². The Kier molecular flexibility index (Phi) is 5.35. The van der Waals surface area contributed by atoms with Crippen LogP contribution < -0.4 is 14.8 Å². The van der Waals surface area contributed by atoms with E-state index in [0.717, 1.165) is 48.7 Å². The summed E-state index contributed by atoms with van der Waals surface area (Å²) in [5, 5.41) is 3.53. The minimum absolute atomic E-state index is 0.160. The predicted molar refractivity (Wildman–Crippen MR) is 107 cm³/mol. The number of nitrogens with one attached hydrogen (secondary N) is 1. The molecular weight excluding hydrogens is 336 g/mol. The van der Waals surface area contributed by atoms with Gasteiger partial charge in [0.25, 0.3) is 0 Å². The van der Waals surface area contributed by atoms with Crippen molar-refractivity contribution in [1.82, 2.24) is 10.3 Å². The Morgan fingerprint density at radius 3 is 2.89 bits per heavy atom. The monoisotopic (exact) mass is 360 g/mol. The molecule has 0 spiro atoms. The number of ether oxygens (including phenoxy) is 2. The molecule has 0 bridgehead atoms. The van der Waals surface area contributed by atoms with Gasteiger partial charge in [0.1, 0.15) is 6.10 Å². The van der Waals surface area contributed by atoms with E-state index in [1.807, 2.05) is 36.5 Å². The number of aryl methyl sites for hydroxylation is 1. The van der Waals surface area contributed by atoms with Gasteiger partial charge >= 0.3 is 0 Å². The topological polar surface area (TPSA) is 43.4 Å². The van der Waals surface area contributed by atoms with Crippen LogP contribution in [0.15, 0.2) is 66.9 Å². The number of nitrogens with zero attached hydrogens (tertiary/aromatic N) is 1. The number of fused-ring (bicyclic) bond motifs is 1. The zero-order valence-electron chi connectivity index (χ0n) is 15.5. The van der Waals surface area contributed by atoms with Gasteiger partial charge < -0.3 is 14.8 Å². The van der Waals surface area contributed by atoms with Gasteiger partial charge in [0, 0.05) is 24.8 Å². The molecule has 0 saturated carbocycles. The van der Waals surface area contributed by atoms with E-state index in [9.17, 15) is 0 Å². The fourth-order valence-corrected chi connectivity index (χ4v) is 3.49. The highest BCUT2D eigenvalue weighted by molar-refractivity contribution is 5.59. The number of benzene rings is 2. The Morgan fingerprint density at radius 2 is 2.04 bits per heavy atom. The van der Waals surface area contributed by atoms with Crippen molar-refractivity contribution >= 4 is 0 Å².